The predicted octanol–water partition coefficient (Wildman–Crippen LogP) is 1.61. The Bertz CT molecular complexity index is 938. The molecule has 8 nitrogen and oxygen atoms in total. The molecule has 0 radical (unpaired) electrons. The minimum Gasteiger partial charge on any atom is -0.369 e. The van der Waals surface area contributed by atoms with Crippen molar-refractivity contribution in [1.82, 2.24) is 19.9 Å². The molecule has 0 aliphatic heterocycles. The van der Waals surface area contributed by atoms with Gasteiger partial charge in [-0.1, -0.05) is 29.4 Å². The van der Waals surface area contributed by atoms with Crippen molar-refractivity contribution in [1.29, 1.82) is 0 Å². The van der Waals surface area contributed by atoms with E-state index in [0.717, 1.165) is 11.8 Å². The Morgan fingerprint density at radius 2 is 2.17 bits per heavy atom. The normalized spacial score (nSPS) is 10.8. The number of amides is 1. The van der Waals surface area contributed by atoms with Crippen LogP contribution in [-0.4, -0.2) is 31.6 Å². The van der Waals surface area contributed by atoms with Gasteiger partial charge in [-0.05, 0) is 18.2 Å². The van der Waals surface area contributed by atoms with E-state index in [2.05, 4.69) is 25.3 Å². The van der Waals surface area contributed by atoms with Gasteiger partial charge in [0.25, 0.3) is 5.56 Å². The van der Waals surface area contributed by atoms with Crippen LogP contribution in [0.25, 0.3) is 11.2 Å². The van der Waals surface area contributed by atoms with E-state index in [1.54, 1.807) is 24.3 Å². The maximum absolute atomic E-state index is 11.9. The van der Waals surface area contributed by atoms with Crippen molar-refractivity contribution in [3.8, 4) is 0 Å². The van der Waals surface area contributed by atoms with E-state index in [1.165, 1.54) is 0 Å². The highest BCUT2D eigenvalue weighted by Gasteiger charge is 2.11. The fourth-order valence-electron chi connectivity index (χ4n) is 1.87. The van der Waals surface area contributed by atoms with E-state index in [-0.39, 0.29) is 28.8 Å². The number of nitrogen functional groups attached to an aromatic ring is 1. The molecule has 5 N–H and O–H groups in total. The zero-order valence-corrected chi connectivity index (χ0v) is 13.2. The number of halogens is 1. The van der Waals surface area contributed by atoms with E-state index in [0.29, 0.717) is 15.9 Å². The number of nitrogens with zero attached hydrogens (tertiary/aromatic N) is 2. The highest BCUT2D eigenvalue weighted by Crippen LogP contribution is 2.18. The molecule has 3 aromatic rings. The molecule has 2 aromatic heterocycles. The molecule has 3 rings (SSSR count). The first-order chi connectivity index (χ1) is 11.0. The summed E-state index contributed by atoms with van der Waals surface area (Å²) in [7, 11) is 0. The van der Waals surface area contributed by atoms with Crippen LogP contribution in [0.3, 0.4) is 0 Å². The fraction of sp³-hybridized carbons (Fsp3) is 0.0769. The molecule has 1 amide bonds. The molecule has 0 atom stereocenters. The molecule has 1 aromatic carbocycles. The van der Waals surface area contributed by atoms with Gasteiger partial charge in [-0.2, -0.15) is 4.98 Å². The second-order valence-electron chi connectivity index (χ2n) is 4.54. The van der Waals surface area contributed by atoms with Crippen LogP contribution in [0, 0.1) is 0 Å². The SMILES string of the molecule is Nc1nc2nc(SCC(=O)Nc3cccc(Cl)c3)[nH]c2c(=O)[nH]1. The topological polar surface area (TPSA) is 130 Å². The number of anilines is 2. The zero-order valence-electron chi connectivity index (χ0n) is 11.6. The monoisotopic (exact) mass is 350 g/mol. The van der Waals surface area contributed by atoms with Crippen molar-refractivity contribution in [2.75, 3.05) is 16.8 Å². The lowest BCUT2D eigenvalue weighted by Crippen LogP contribution is -2.14. The number of rotatable bonds is 4. The summed E-state index contributed by atoms with van der Waals surface area (Å²) in [4.78, 5) is 36.8. The molecular formula is C13H11ClN6O2S. The van der Waals surface area contributed by atoms with E-state index in [4.69, 9.17) is 17.3 Å². The highest BCUT2D eigenvalue weighted by molar-refractivity contribution is 7.99. The molecule has 118 valence electrons. The Hall–Kier alpha value is -2.52. The number of nitrogens with two attached hydrogens (primary N) is 1. The number of hydrogen-bond acceptors (Lipinski definition) is 6. The first-order valence-corrected chi connectivity index (χ1v) is 7.81. The van der Waals surface area contributed by atoms with Gasteiger partial charge in [-0.25, -0.2) is 4.98 Å². The third-order valence-electron chi connectivity index (χ3n) is 2.81. The molecule has 0 saturated carbocycles. The molecule has 23 heavy (non-hydrogen) atoms. The van der Waals surface area contributed by atoms with Crippen LogP contribution in [-0.2, 0) is 4.79 Å². The molecule has 0 aliphatic rings. The van der Waals surface area contributed by atoms with E-state index < -0.39 is 5.56 Å². The number of H-pyrrole nitrogens is 2. The summed E-state index contributed by atoms with van der Waals surface area (Å²) in [5.74, 6) is -0.122. The summed E-state index contributed by atoms with van der Waals surface area (Å²) >= 11 is 7.00. The molecule has 0 unspecified atom stereocenters. The predicted molar refractivity (Wildman–Crippen MR) is 89.7 cm³/mol. The van der Waals surface area contributed by atoms with Gasteiger partial charge in [0.05, 0.1) is 5.75 Å². The summed E-state index contributed by atoms with van der Waals surface area (Å²) in [6, 6.07) is 6.85. The summed E-state index contributed by atoms with van der Waals surface area (Å²) < 4.78 is 0. The van der Waals surface area contributed by atoms with Crippen LogP contribution >= 0.6 is 23.4 Å². The van der Waals surface area contributed by atoms with Crippen molar-refractivity contribution < 1.29 is 4.79 Å². The van der Waals surface area contributed by atoms with E-state index >= 15 is 0 Å². The minimum atomic E-state index is -0.407. The quantitative estimate of drug-likeness (QED) is 0.529. The van der Waals surface area contributed by atoms with Crippen LogP contribution < -0.4 is 16.6 Å². The first-order valence-electron chi connectivity index (χ1n) is 6.45. The first kappa shape index (κ1) is 15.4. The summed E-state index contributed by atoms with van der Waals surface area (Å²) in [6.07, 6.45) is 0. The third-order valence-corrected chi connectivity index (χ3v) is 3.91. The molecule has 0 bridgehead atoms. The second-order valence-corrected chi connectivity index (χ2v) is 5.94. The summed E-state index contributed by atoms with van der Waals surface area (Å²) in [5, 5.41) is 3.66. The smallest absolute Gasteiger partial charge is 0.278 e. The zero-order chi connectivity index (χ0) is 16.4. The standard InChI is InChI=1S/C13H11ClN6O2S/c14-6-2-1-3-7(4-6)16-8(21)5-23-13-17-9-10(19-13)18-12(15)20-11(9)22/h1-4H,5H2,(H,16,21)(H4,15,17,18,19,20,22). The molecule has 0 saturated heterocycles. The van der Waals surface area contributed by atoms with Gasteiger partial charge in [-0.15, -0.1) is 0 Å². The molecule has 0 aliphatic carbocycles. The number of carbonyl (C=O) groups is 1. The Labute approximate surface area is 138 Å². The molecule has 0 fully saturated rings. The number of aromatic amines is 2. The summed E-state index contributed by atoms with van der Waals surface area (Å²) in [6.45, 7) is 0. The number of hydrogen-bond donors (Lipinski definition) is 4. The van der Waals surface area contributed by atoms with Crippen molar-refractivity contribution in [3.05, 3.63) is 39.6 Å². The third kappa shape index (κ3) is 3.63. The van der Waals surface area contributed by atoms with Crippen molar-refractivity contribution in [2.45, 2.75) is 5.16 Å². The van der Waals surface area contributed by atoms with Gasteiger partial charge < -0.3 is 16.0 Å². The molecular weight excluding hydrogens is 340 g/mol. The average molecular weight is 351 g/mol. The van der Waals surface area contributed by atoms with Crippen molar-refractivity contribution >= 4 is 52.1 Å². The summed E-state index contributed by atoms with van der Waals surface area (Å²) in [5.41, 5.74) is 6.09. The largest absolute Gasteiger partial charge is 0.369 e. The van der Waals surface area contributed by atoms with Crippen molar-refractivity contribution in [3.63, 3.8) is 0 Å². The van der Waals surface area contributed by atoms with Gasteiger partial charge in [0.15, 0.2) is 16.3 Å². The Morgan fingerprint density at radius 3 is 2.96 bits per heavy atom. The Morgan fingerprint density at radius 1 is 1.35 bits per heavy atom. The minimum absolute atomic E-state index is 0.00995. The number of thioether (sulfide) groups is 1. The van der Waals surface area contributed by atoms with E-state index in [9.17, 15) is 9.59 Å². The lowest BCUT2D eigenvalue weighted by atomic mass is 10.3. The second kappa shape index (κ2) is 6.31. The maximum Gasteiger partial charge on any atom is 0.278 e. The van der Waals surface area contributed by atoms with Gasteiger partial charge >= 0.3 is 0 Å². The van der Waals surface area contributed by atoms with Gasteiger partial charge in [-0.3, -0.25) is 14.6 Å². The van der Waals surface area contributed by atoms with Crippen LogP contribution in [0.4, 0.5) is 11.6 Å². The van der Waals surface area contributed by atoms with Gasteiger partial charge in [0.2, 0.25) is 11.9 Å². The van der Waals surface area contributed by atoms with Crippen LogP contribution in [0.1, 0.15) is 0 Å². The molecule has 2 heterocycles. The van der Waals surface area contributed by atoms with Crippen LogP contribution in [0.2, 0.25) is 5.02 Å². The number of imidazole rings is 1. The lowest BCUT2D eigenvalue weighted by molar-refractivity contribution is -0.113. The van der Waals surface area contributed by atoms with Crippen LogP contribution in [0.5, 0.6) is 0 Å². The number of aromatic nitrogens is 4. The number of carbonyl (C=O) groups excluding carboxylic acids is 1. The van der Waals surface area contributed by atoms with Gasteiger partial charge in [0, 0.05) is 10.7 Å². The van der Waals surface area contributed by atoms with Gasteiger partial charge in [0.1, 0.15) is 0 Å². The average Bonchev–Trinajstić information content (AvgIpc) is 2.88. The number of fused-ring (bicyclic) bond motifs is 1. The highest BCUT2D eigenvalue weighted by atomic mass is 35.5. The number of nitrogens with one attached hydrogen (secondary N) is 3. The van der Waals surface area contributed by atoms with E-state index in [1.807, 2.05) is 0 Å². The van der Waals surface area contributed by atoms with Crippen molar-refractivity contribution in [2.24, 2.45) is 0 Å². The Kier molecular flexibility index (Phi) is 4.22. The molecule has 0 spiro atoms. The Balaban J connectivity index is 1.67. The number of benzene rings is 1. The van der Waals surface area contributed by atoms with Crippen LogP contribution in [0.15, 0.2) is 34.2 Å². The fourth-order valence-corrected chi connectivity index (χ4v) is 2.72. The molecule has 10 heteroatoms. The maximum atomic E-state index is 11.9. The lowest BCUT2D eigenvalue weighted by Gasteiger charge is -2.04.